The summed E-state index contributed by atoms with van der Waals surface area (Å²) in [7, 11) is 0. The Labute approximate surface area is 101 Å². The van der Waals surface area contributed by atoms with E-state index in [0.717, 1.165) is 29.2 Å². The van der Waals surface area contributed by atoms with Crippen molar-refractivity contribution >= 4 is 5.69 Å². The highest BCUT2D eigenvalue weighted by molar-refractivity contribution is 5.48. The number of anilines is 1. The van der Waals surface area contributed by atoms with Crippen LogP contribution in [0, 0.1) is 0 Å². The third-order valence-electron chi connectivity index (χ3n) is 2.29. The summed E-state index contributed by atoms with van der Waals surface area (Å²) in [5.74, 6) is 0. The first-order valence-corrected chi connectivity index (χ1v) is 5.16. The minimum Gasteiger partial charge on any atom is -0.395 e. The third-order valence-corrected chi connectivity index (χ3v) is 2.29. The second kappa shape index (κ2) is 5.99. The van der Waals surface area contributed by atoms with Gasteiger partial charge in [-0.2, -0.15) is 13.2 Å². The van der Waals surface area contributed by atoms with E-state index in [1.807, 2.05) is 0 Å². The number of rotatable bonds is 5. The molecule has 2 nitrogen and oxygen atoms in total. The standard InChI is InChI=1S/C11H12F5NO/c12-10(13)7-17(5-6-18)9-3-1-8(2-4-9)11(14,15)16/h1-4,10,18H,5-7H2. The van der Waals surface area contributed by atoms with Gasteiger partial charge in [-0.05, 0) is 24.3 Å². The predicted octanol–water partition coefficient (Wildman–Crippen LogP) is 2.77. The summed E-state index contributed by atoms with van der Waals surface area (Å²) in [6.07, 6.45) is -7.08. The minimum absolute atomic E-state index is 0.0598. The van der Waals surface area contributed by atoms with Crippen molar-refractivity contribution in [3.63, 3.8) is 0 Å². The molecule has 1 aromatic carbocycles. The molecular formula is C11H12F5NO. The molecule has 0 aliphatic heterocycles. The van der Waals surface area contributed by atoms with E-state index in [0.29, 0.717) is 0 Å². The van der Waals surface area contributed by atoms with Crippen molar-refractivity contribution in [1.29, 1.82) is 0 Å². The Morgan fingerprint density at radius 2 is 1.67 bits per heavy atom. The van der Waals surface area contributed by atoms with Crippen molar-refractivity contribution in [2.24, 2.45) is 0 Å². The maximum Gasteiger partial charge on any atom is 0.416 e. The first kappa shape index (κ1) is 14.7. The largest absolute Gasteiger partial charge is 0.416 e. The monoisotopic (exact) mass is 269 g/mol. The molecule has 1 rings (SSSR count). The lowest BCUT2D eigenvalue weighted by atomic mass is 10.2. The molecule has 0 radical (unpaired) electrons. The molecule has 0 heterocycles. The smallest absolute Gasteiger partial charge is 0.395 e. The van der Waals surface area contributed by atoms with Gasteiger partial charge in [0.1, 0.15) is 0 Å². The summed E-state index contributed by atoms with van der Waals surface area (Å²) in [6.45, 7) is -1.05. The molecule has 0 saturated heterocycles. The summed E-state index contributed by atoms with van der Waals surface area (Å²) < 4.78 is 61.4. The molecule has 0 saturated carbocycles. The molecule has 0 aromatic heterocycles. The molecule has 102 valence electrons. The Balaban J connectivity index is 2.86. The quantitative estimate of drug-likeness (QED) is 0.831. The molecule has 0 atom stereocenters. The molecule has 0 unspecified atom stereocenters. The molecule has 1 N–H and O–H groups in total. The number of benzene rings is 1. The van der Waals surface area contributed by atoms with Gasteiger partial charge in [-0.3, -0.25) is 0 Å². The highest BCUT2D eigenvalue weighted by atomic mass is 19.4. The molecule has 0 amide bonds. The zero-order valence-corrected chi connectivity index (χ0v) is 9.29. The lowest BCUT2D eigenvalue weighted by molar-refractivity contribution is -0.137. The minimum atomic E-state index is -4.46. The van der Waals surface area contributed by atoms with Gasteiger partial charge in [-0.1, -0.05) is 0 Å². The molecule has 0 spiro atoms. The number of nitrogens with zero attached hydrogens (tertiary/aromatic N) is 1. The van der Waals surface area contributed by atoms with Gasteiger partial charge in [0.15, 0.2) is 0 Å². The summed E-state index contributed by atoms with van der Waals surface area (Å²) >= 11 is 0. The van der Waals surface area contributed by atoms with Crippen LogP contribution >= 0.6 is 0 Å². The average Bonchev–Trinajstić information content (AvgIpc) is 2.27. The third kappa shape index (κ3) is 4.14. The zero-order valence-electron chi connectivity index (χ0n) is 9.29. The summed E-state index contributed by atoms with van der Waals surface area (Å²) in [5.41, 5.74) is -0.621. The van der Waals surface area contributed by atoms with Crippen LogP contribution in [-0.4, -0.2) is 31.2 Å². The molecule has 0 fully saturated rings. The molecule has 18 heavy (non-hydrogen) atoms. The topological polar surface area (TPSA) is 23.5 Å². The molecular weight excluding hydrogens is 257 g/mol. The number of hydrogen-bond acceptors (Lipinski definition) is 2. The van der Waals surface area contributed by atoms with E-state index >= 15 is 0 Å². The van der Waals surface area contributed by atoms with Crippen LogP contribution in [-0.2, 0) is 6.18 Å². The van der Waals surface area contributed by atoms with Crippen molar-refractivity contribution in [1.82, 2.24) is 0 Å². The molecule has 0 aliphatic carbocycles. The van der Waals surface area contributed by atoms with Crippen LogP contribution in [0.3, 0.4) is 0 Å². The number of alkyl halides is 5. The Morgan fingerprint density at radius 3 is 2.06 bits per heavy atom. The van der Waals surface area contributed by atoms with Crippen LogP contribution in [0.4, 0.5) is 27.6 Å². The Hall–Kier alpha value is -1.37. The molecule has 1 aromatic rings. The second-order valence-corrected chi connectivity index (χ2v) is 3.61. The van der Waals surface area contributed by atoms with Crippen LogP contribution in [0.2, 0.25) is 0 Å². The van der Waals surface area contributed by atoms with Gasteiger partial charge in [-0.15, -0.1) is 0 Å². The summed E-state index contributed by atoms with van der Waals surface area (Å²) in [6, 6.07) is 3.87. The van der Waals surface area contributed by atoms with E-state index in [-0.39, 0.29) is 18.8 Å². The fourth-order valence-corrected chi connectivity index (χ4v) is 1.47. The van der Waals surface area contributed by atoms with E-state index in [1.54, 1.807) is 0 Å². The first-order valence-electron chi connectivity index (χ1n) is 5.16. The maximum absolute atomic E-state index is 12.3. The van der Waals surface area contributed by atoms with Gasteiger partial charge in [0.05, 0.1) is 18.7 Å². The van der Waals surface area contributed by atoms with Gasteiger partial charge in [0.25, 0.3) is 6.43 Å². The van der Waals surface area contributed by atoms with Crippen LogP contribution in [0.15, 0.2) is 24.3 Å². The van der Waals surface area contributed by atoms with Crippen molar-refractivity contribution in [2.75, 3.05) is 24.6 Å². The predicted molar refractivity (Wildman–Crippen MR) is 56.7 cm³/mol. The number of aliphatic hydroxyl groups is 1. The van der Waals surface area contributed by atoms with Gasteiger partial charge in [-0.25, -0.2) is 8.78 Å². The molecule has 0 aliphatic rings. The van der Waals surface area contributed by atoms with E-state index in [4.69, 9.17) is 5.11 Å². The SMILES string of the molecule is OCCN(CC(F)F)c1ccc(C(F)(F)F)cc1. The van der Waals surface area contributed by atoms with E-state index in [2.05, 4.69) is 0 Å². The zero-order chi connectivity index (χ0) is 13.8. The van der Waals surface area contributed by atoms with Crippen molar-refractivity contribution in [3.8, 4) is 0 Å². The van der Waals surface area contributed by atoms with Crippen LogP contribution in [0.1, 0.15) is 5.56 Å². The van der Waals surface area contributed by atoms with Crippen molar-refractivity contribution in [2.45, 2.75) is 12.6 Å². The second-order valence-electron chi connectivity index (χ2n) is 3.61. The Bertz CT molecular complexity index is 363. The molecule has 7 heteroatoms. The van der Waals surface area contributed by atoms with Crippen LogP contribution in [0.25, 0.3) is 0 Å². The van der Waals surface area contributed by atoms with E-state index in [9.17, 15) is 22.0 Å². The number of aliphatic hydroxyl groups excluding tert-OH is 1. The Morgan fingerprint density at radius 1 is 1.11 bits per heavy atom. The van der Waals surface area contributed by atoms with Gasteiger partial charge >= 0.3 is 6.18 Å². The normalized spacial score (nSPS) is 11.9. The highest BCUT2D eigenvalue weighted by Gasteiger charge is 2.30. The fraction of sp³-hybridized carbons (Fsp3) is 0.455. The van der Waals surface area contributed by atoms with E-state index in [1.165, 1.54) is 0 Å². The summed E-state index contributed by atoms with van der Waals surface area (Å²) in [4.78, 5) is 1.13. The van der Waals surface area contributed by atoms with Crippen molar-refractivity contribution < 1.29 is 27.1 Å². The lowest BCUT2D eigenvalue weighted by Gasteiger charge is -2.23. The van der Waals surface area contributed by atoms with Gasteiger partial charge < -0.3 is 10.0 Å². The summed E-state index contributed by atoms with van der Waals surface area (Å²) in [5, 5.41) is 8.73. The first-order chi connectivity index (χ1) is 8.34. The number of halogens is 5. The highest BCUT2D eigenvalue weighted by Crippen LogP contribution is 2.30. The van der Waals surface area contributed by atoms with Gasteiger partial charge in [0.2, 0.25) is 0 Å². The van der Waals surface area contributed by atoms with Gasteiger partial charge in [0, 0.05) is 12.2 Å². The maximum atomic E-state index is 12.3. The van der Waals surface area contributed by atoms with Crippen LogP contribution in [0.5, 0.6) is 0 Å². The van der Waals surface area contributed by atoms with Crippen molar-refractivity contribution in [3.05, 3.63) is 29.8 Å². The Kier molecular flexibility index (Phi) is 4.89. The lowest BCUT2D eigenvalue weighted by Crippen LogP contribution is -2.31. The fourth-order valence-electron chi connectivity index (χ4n) is 1.47. The van der Waals surface area contributed by atoms with E-state index < -0.39 is 24.7 Å². The molecule has 0 bridgehead atoms. The number of hydrogen-bond donors (Lipinski definition) is 1. The van der Waals surface area contributed by atoms with Crippen LogP contribution < -0.4 is 4.90 Å². The average molecular weight is 269 g/mol.